The van der Waals surface area contributed by atoms with Gasteiger partial charge in [-0.2, -0.15) is 0 Å². The van der Waals surface area contributed by atoms with Crippen molar-refractivity contribution in [1.82, 2.24) is 9.88 Å². The first-order chi connectivity index (χ1) is 12.5. The number of carbonyl (C=O) groups excluding carboxylic acids is 1. The van der Waals surface area contributed by atoms with Crippen LogP contribution in [0.2, 0.25) is 0 Å². The van der Waals surface area contributed by atoms with Crippen molar-refractivity contribution in [2.45, 2.75) is 13.3 Å². The summed E-state index contributed by atoms with van der Waals surface area (Å²) in [7, 11) is 0. The van der Waals surface area contributed by atoms with Gasteiger partial charge in [-0.1, -0.05) is 0 Å². The average Bonchev–Trinajstić information content (AvgIpc) is 3.04. The van der Waals surface area contributed by atoms with Crippen LogP contribution in [0.3, 0.4) is 0 Å². The second-order valence-corrected chi connectivity index (χ2v) is 7.11. The fraction of sp³-hybridized carbons (Fsp3) is 0.412. The summed E-state index contributed by atoms with van der Waals surface area (Å²) in [6.45, 7) is 5.49. The SMILES string of the molecule is Cc1cc([N+](=O)[O-])ccc1NC(=O)CN1CCCN(c2nccs2)CC1. The molecule has 1 aromatic carbocycles. The minimum atomic E-state index is -0.440. The van der Waals surface area contributed by atoms with Crippen molar-refractivity contribution in [2.75, 3.05) is 42.9 Å². The maximum atomic E-state index is 12.4. The predicted molar refractivity (Wildman–Crippen MR) is 102 cm³/mol. The summed E-state index contributed by atoms with van der Waals surface area (Å²) >= 11 is 1.63. The molecule has 2 aromatic rings. The van der Waals surface area contributed by atoms with Crippen LogP contribution in [0.15, 0.2) is 29.8 Å². The third-order valence-electron chi connectivity index (χ3n) is 4.34. The number of benzene rings is 1. The molecule has 3 rings (SSSR count). The molecule has 8 nitrogen and oxygen atoms in total. The number of non-ortho nitro benzene ring substituents is 1. The molecule has 26 heavy (non-hydrogen) atoms. The molecule has 0 unspecified atom stereocenters. The number of hydrogen-bond donors (Lipinski definition) is 1. The summed E-state index contributed by atoms with van der Waals surface area (Å²) in [5, 5.41) is 16.6. The van der Waals surface area contributed by atoms with E-state index >= 15 is 0 Å². The lowest BCUT2D eigenvalue weighted by Crippen LogP contribution is -2.36. The van der Waals surface area contributed by atoms with Gasteiger partial charge in [-0.05, 0) is 25.0 Å². The number of aryl methyl sites for hydroxylation is 1. The van der Waals surface area contributed by atoms with Gasteiger partial charge < -0.3 is 10.2 Å². The van der Waals surface area contributed by atoms with Crippen LogP contribution < -0.4 is 10.2 Å². The van der Waals surface area contributed by atoms with Crippen molar-refractivity contribution in [2.24, 2.45) is 0 Å². The molecule has 0 spiro atoms. The first-order valence-corrected chi connectivity index (χ1v) is 9.32. The van der Waals surface area contributed by atoms with Gasteiger partial charge in [0.1, 0.15) is 0 Å². The quantitative estimate of drug-likeness (QED) is 0.638. The van der Waals surface area contributed by atoms with E-state index in [1.54, 1.807) is 24.3 Å². The fourth-order valence-electron chi connectivity index (χ4n) is 2.99. The van der Waals surface area contributed by atoms with E-state index in [0.717, 1.165) is 37.7 Å². The number of carbonyl (C=O) groups is 1. The second kappa shape index (κ2) is 8.24. The number of nitrogens with zero attached hydrogens (tertiary/aromatic N) is 4. The lowest BCUT2D eigenvalue weighted by atomic mass is 10.2. The Balaban J connectivity index is 1.54. The number of nitrogens with one attached hydrogen (secondary N) is 1. The van der Waals surface area contributed by atoms with Crippen LogP contribution in [0.4, 0.5) is 16.5 Å². The van der Waals surface area contributed by atoms with E-state index in [0.29, 0.717) is 17.8 Å². The van der Waals surface area contributed by atoms with Crippen molar-refractivity contribution in [1.29, 1.82) is 0 Å². The molecule has 1 aromatic heterocycles. The zero-order chi connectivity index (χ0) is 18.5. The van der Waals surface area contributed by atoms with Crippen molar-refractivity contribution in [3.05, 3.63) is 45.5 Å². The number of aromatic nitrogens is 1. The van der Waals surface area contributed by atoms with Gasteiger partial charge in [0.25, 0.3) is 5.69 Å². The highest BCUT2D eigenvalue weighted by atomic mass is 32.1. The third-order valence-corrected chi connectivity index (χ3v) is 5.17. The van der Waals surface area contributed by atoms with Crippen molar-refractivity contribution in [3.63, 3.8) is 0 Å². The lowest BCUT2D eigenvalue weighted by molar-refractivity contribution is -0.384. The third kappa shape index (κ3) is 4.55. The van der Waals surface area contributed by atoms with Gasteiger partial charge in [-0.3, -0.25) is 19.8 Å². The van der Waals surface area contributed by atoms with Crippen LogP contribution in [-0.4, -0.2) is 53.4 Å². The minimum Gasteiger partial charge on any atom is -0.347 e. The zero-order valence-corrected chi connectivity index (χ0v) is 15.4. The summed E-state index contributed by atoms with van der Waals surface area (Å²) in [5.41, 5.74) is 1.31. The van der Waals surface area contributed by atoms with Crippen molar-refractivity contribution in [3.8, 4) is 0 Å². The standard InChI is InChI=1S/C17H21N5O3S/c1-13-11-14(22(24)25)3-4-15(13)19-16(23)12-20-6-2-7-21(9-8-20)17-18-5-10-26-17/h3-5,10-11H,2,6-9,12H2,1H3,(H,19,23). The van der Waals surface area contributed by atoms with E-state index in [9.17, 15) is 14.9 Å². The molecule has 9 heteroatoms. The molecular weight excluding hydrogens is 354 g/mol. The summed E-state index contributed by atoms with van der Waals surface area (Å²) in [6, 6.07) is 4.45. The summed E-state index contributed by atoms with van der Waals surface area (Å²) in [6.07, 6.45) is 2.78. The molecule has 1 saturated heterocycles. The first kappa shape index (κ1) is 18.3. The van der Waals surface area contributed by atoms with E-state index in [2.05, 4.69) is 20.1 Å². The number of rotatable bonds is 5. The minimum absolute atomic E-state index is 0.0234. The molecule has 0 atom stereocenters. The molecule has 0 radical (unpaired) electrons. The number of nitro benzene ring substituents is 1. The highest BCUT2D eigenvalue weighted by Gasteiger charge is 2.19. The maximum Gasteiger partial charge on any atom is 0.269 e. The van der Waals surface area contributed by atoms with Gasteiger partial charge in [0.2, 0.25) is 5.91 Å². The Labute approximate surface area is 155 Å². The van der Waals surface area contributed by atoms with Crippen LogP contribution in [0.5, 0.6) is 0 Å². The van der Waals surface area contributed by atoms with Crippen LogP contribution in [0, 0.1) is 17.0 Å². The Hall–Kier alpha value is -2.52. The van der Waals surface area contributed by atoms with Crippen LogP contribution in [-0.2, 0) is 4.79 Å². The molecule has 0 saturated carbocycles. The van der Waals surface area contributed by atoms with Crippen LogP contribution in [0.25, 0.3) is 0 Å². The molecule has 0 aliphatic carbocycles. The Morgan fingerprint density at radius 3 is 2.88 bits per heavy atom. The maximum absolute atomic E-state index is 12.4. The lowest BCUT2D eigenvalue weighted by Gasteiger charge is -2.21. The van der Waals surface area contributed by atoms with E-state index in [4.69, 9.17) is 0 Å². The van der Waals surface area contributed by atoms with E-state index in [1.807, 2.05) is 11.6 Å². The molecular formula is C17H21N5O3S. The highest BCUT2D eigenvalue weighted by molar-refractivity contribution is 7.13. The normalized spacial score (nSPS) is 15.5. The highest BCUT2D eigenvalue weighted by Crippen LogP contribution is 2.21. The first-order valence-electron chi connectivity index (χ1n) is 8.44. The van der Waals surface area contributed by atoms with E-state index < -0.39 is 4.92 Å². The van der Waals surface area contributed by atoms with Gasteiger partial charge in [-0.15, -0.1) is 11.3 Å². The number of nitro groups is 1. The van der Waals surface area contributed by atoms with E-state index in [-0.39, 0.29) is 11.6 Å². The molecule has 2 heterocycles. The van der Waals surface area contributed by atoms with Gasteiger partial charge in [-0.25, -0.2) is 4.98 Å². The van der Waals surface area contributed by atoms with Gasteiger partial charge in [0.15, 0.2) is 5.13 Å². The number of hydrogen-bond acceptors (Lipinski definition) is 7. The molecule has 0 bridgehead atoms. The molecule has 138 valence electrons. The molecule has 1 fully saturated rings. The number of amides is 1. The van der Waals surface area contributed by atoms with Gasteiger partial charge in [0, 0.05) is 55.6 Å². The summed E-state index contributed by atoms with van der Waals surface area (Å²) in [4.78, 5) is 31.5. The number of anilines is 2. The Morgan fingerprint density at radius 1 is 1.35 bits per heavy atom. The van der Waals surface area contributed by atoms with E-state index in [1.165, 1.54) is 12.1 Å². The number of thiazole rings is 1. The smallest absolute Gasteiger partial charge is 0.269 e. The zero-order valence-electron chi connectivity index (χ0n) is 14.6. The Morgan fingerprint density at radius 2 is 2.19 bits per heavy atom. The fourth-order valence-corrected chi connectivity index (χ4v) is 3.68. The average molecular weight is 375 g/mol. The summed E-state index contributed by atoms with van der Waals surface area (Å²) < 4.78 is 0. The van der Waals surface area contributed by atoms with Crippen molar-refractivity contribution < 1.29 is 9.72 Å². The Bertz CT molecular complexity index is 781. The summed E-state index contributed by atoms with van der Waals surface area (Å²) in [5.74, 6) is -0.107. The molecule has 1 aliphatic rings. The van der Waals surface area contributed by atoms with Crippen molar-refractivity contribution >= 4 is 33.8 Å². The van der Waals surface area contributed by atoms with Crippen LogP contribution >= 0.6 is 11.3 Å². The van der Waals surface area contributed by atoms with Crippen LogP contribution in [0.1, 0.15) is 12.0 Å². The largest absolute Gasteiger partial charge is 0.347 e. The molecule has 1 N–H and O–H groups in total. The monoisotopic (exact) mass is 375 g/mol. The van der Waals surface area contributed by atoms with Gasteiger partial charge in [0.05, 0.1) is 11.5 Å². The second-order valence-electron chi connectivity index (χ2n) is 6.24. The van der Waals surface area contributed by atoms with Gasteiger partial charge >= 0.3 is 0 Å². The molecule has 1 aliphatic heterocycles. The topological polar surface area (TPSA) is 91.6 Å². The predicted octanol–water partition coefficient (Wildman–Crippen LogP) is 2.51. The molecule has 1 amide bonds. The Kier molecular flexibility index (Phi) is 5.79.